The van der Waals surface area contributed by atoms with Gasteiger partial charge >= 0.3 is 19.3 Å². The molecule has 16 heteroatoms. The average molecular weight is 830 g/mol. The molecule has 302 valence electrons. The van der Waals surface area contributed by atoms with Gasteiger partial charge in [-0.3, -0.25) is 0 Å². The van der Waals surface area contributed by atoms with E-state index in [2.05, 4.69) is 30.6 Å². The Morgan fingerprint density at radius 3 is 1.57 bits per heavy atom. The summed E-state index contributed by atoms with van der Waals surface area (Å²) in [7, 11) is -0.378. The summed E-state index contributed by atoms with van der Waals surface area (Å²) in [4.78, 5) is 38.8. The van der Waals surface area contributed by atoms with Crippen LogP contribution >= 0.6 is 34.8 Å². The maximum atomic E-state index is 11.8. The van der Waals surface area contributed by atoms with Crippen LogP contribution in [0.2, 0.25) is 15.7 Å². The van der Waals surface area contributed by atoms with Gasteiger partial charge in [0.25, 0.3) is 0 Å². The van der Waals surface area contributed by atoms with Gasteiger partial charge < -0.3 is 29.4 Å². The number of aromatic nitrogens is 4. The van der Waals surface area contributed by atoms with Gasteiger partial charge in [0.2, 0.25) is 10.6 Å². The molecule has 2 aromatic carbocycles. The van der Waals surface area contributed by atoms with E-state index in [0.717, 1.165) is 39.0 Å². The molecular weight excluding hydrogens is 778 g/mol. The first-order valence-electron chi connectivity index (χ1n) is 18.0. The summed E-state index contributed by atoms with van der Waals surface area (Å²) in [5.74, 6) is 0. The first-order valence-corrected chi connectivity index (χ1v) is 19.1. The second-order valence-corrected chi connectivity index (χ2v) is 17.0. The van der Waals surface area contributed by atoms with Crippen LogP contribution in [0.15, 0.2) is 60.9 Å². The van der Waals surface area contributed by atoms with Gasteiger partial charge in [0.15, 0.2) is 0 Å². The summed E-state index contributed by atoms with van der Waals surface area (Å²) in [5.41, 5.74) is 5.15. The second kappa shape index (κ2) is 19.4. The number of hydrogen-bond acceptors (Lipinski definition) is 10. The van der Waals surface area contributed by atoms with Crippen LogP contribution in [0.4, 0.5) is 9.59 Å². The summed E-state index contributed by atoms with van der Waals surface area (Å²) in [6, 6.07) is 15.3. The van der Waals surface area contributed by atoms with Crippen molar-refractivity contribution in [2.45, 2.75) is 119 Å². The molecule has 0 saturated carbocycles. The van der Waals surface area contributed by atoms with Crippen LogP contribution in [-0.4, -0.2) is 61.6 Å². The Kier molecular flexibility index (Phi) is 16.1. The zero-order valence-electron chi connectivity index (χ0n) is 34.1. The predicted octanol–water partition coefficient (Wildman–Crippen LogP) is 9.23. The van der Waals surface area contributed by atoms with E-state index >= 15 is 0 Å². The molecule has 5 rings (SSSR count). The molecule has 3 heterocycles. The quantitative estimate of drug-likeness (QED) is 0.110. The minimum atomic E-state index is -0.505. The molecule has 1 fully saturated rings. The van der Waals surface area contributed by atoms with Gasteiger partial charge in [0.1, 0.15) is 16.4 Å². The van der Waals surface area contributed by atoms with Crippen LogP contribution in [0, 0.1) is 13.8 Å². The number of ether oxygens (including phenoxy) is 2. The van der Waals surface area contributed by atoms with Crippen LogP contribution in [0.25, 0.3) is 11.3 Å². The first-order chi connectivity index (χ1) is 25.8. The zero-order chi connectivity index (χ0) is 42.1. The van der Waals surface area contributed by atoms with Gasteiger partial charge in [-0.25, -0.2) is 29.5 Å². The van der Waals surface area contributed by atoms with Crippen molar-refractivity contribution in [3.8, 4) is 11.3 Å². The summed E-state index contributed by atoms with van der Waals surface area (Å²) in [6.07, 6.45) is 2.28. The van der Waals surface area contributed by atoms with Gasteiger partial charge in [-0.15, -0.1) is 0 Å². The smallest absolute Gasteiger partial charge is 0.444 e. The molecule has 2 aromatic heterocycles. The lowest BCUT2D eigenvalue weighted by Crippen LogP contribution is -2.41. The SMILES string of the molecule is Cc1cc(-c2ccnc(Cl)n2)ccc1CNC(=O)OC(C)(C)C.Cc1cc(B2OC(C)(C)C(C)(C)O2)ccc1CNC(=O)OC(C)(C)C.Clc1ccnc(Cl)n1. The third-order valence-corrected chi connectivity index (χ3v) is 8.97. The molecule has 2 amide bonds. The van der Waals surface area contributed by atoms with E-state index < -0.39 is 23.4 Å². The molecule has 2 N–H and O–H groups in total. The summed E-state index contributed by atoms with van der Waals surface area (Å²) in [5, 5.41) is 6.31. The highest BCUT2D eigenvalue weighted by atomic mass is 35.5. The van der Waals surface area contributed by atoms with Crippen molar-refractivity contribution >= 4 is 59.6 Å². The summed E-state index contributed by atoms with van der Waals surface area (Å²) >= 11 is 16.6. The predicted molar refractivity (Wildman–Crippen MR) is 222 cm³/mol. The number of nitrogens with zero attached hydrogens (tertiary/aromatic N) is 4. The van der Waals surface area contributed by atoms with Crippen molar-refractivity contribution in [3.63, 3.8) is 0 Å². The molecular formula is C40H52BCl3N6O6. The van der Waals surface area contributed by atoms with Crippen molar-refractivity contribution in [3.05, 3.63) is 98.9 Å². The number of benzene rings is 2. The third kappa shape index (κ3) is 15.2. The Labute approximate surface area is 345 Å². The minimum absolute atomic E-state index is 0.178. The lowest BCUT2D eigenvalue weighted by atomic mass is 9.78. The van der Waals surface area contributed by atoms with E-state index in [4.69, 9.17) is 53.6 Å². The Morgan fingerprint density at radius 2 is 1.16 bits per heavy atom. The number of alkyl carbamates (subject to hydrolysis) is 2. The largest absolute Gasteiger partial charge is 0.494 e. The maximum absolute atomic E-state index is 11.8. The molecule has 1 aliphatic rings. The van der Waals surface area contributed by atoms with Gasteiger partial charge in [0.05, 0.1) is 16.9 Å². The summed E-state index contributed by atoms with van der Waals surface area (Å²) in [6.45, 7) is 24.0. The number of hydrogen-bond donors (Lipinski definition) is 2. The molecule has 1 aliphatic heterocycles. The highest BCUT2D eigenvalue weighted by molar-refractivity contribution is 6.62. The number of carbonyl (C=O) groups is 2. The fourth-order valence-corrected chi connectivity index (χ4v) is 5.34. The van der Waals surface area contributed by atoms with E-state index in [9.17, 15) is 9.59 Å². The molecule has 0 bridgehead atoms. The van der Waals surface area contributed by atoms with Gasteiger partial charge in [0, 0.05) is 31.0 Å². The molecule has 4 aromatic rings. The molecule has 0 atom stereocenters. The second-order valence-electron chi connectivity index (χ2n) is 16.0. The normalized spacial score (nSPS) is 14.4. The van der Waals surface area contributed by atoms with E-state index in [0.29, 0.717) is 18.2 Å². The number of amides is 2. The van der Waals surface area contributed by atoms with E-state index in [-0.39, 0.29) is 28.9 Å². The van der Waals surface area contributed by atoms with Crippen molar-refractivity contribution in [1.82, 2.24) is 30.6 Å². The Morgan fingerprint density at radius 1 is 0.696 bits per heavy atom. The molecule has 56 heavy (non-hydrogen) atoms. The maximum Gasteiger partial charge on any atom is 0.494 e. The van der Waals surface area contributed by atoms with Crippen LogP contribution < -0.4 is 16.1 Å². The monoisotopic (exact) mass is 828 g/mol. The number of halogens is 3. The van der Waals surface area contributed by atoms with E-state index in [1.807, 2.05) is 119 Å². The topological polar surface area (TPSA) is 147 Å². The zero-order valence-corrected chi connectivity index (χ0v) is 36.4. The third-order valence-electron chi connectivity index (χ3n) is 8.39. The fourth-order valence-electron chi connectivity index (χ4n) is 4.87. The van der Waals surface area contributed by atoms with Crippen molar-refractivity contribution in [2.75, 3.05) is 0 Å². The molecule has 12 nitrogen and oxygen atoms in total. The molecule has 0 spiro atoms. The average Bonchev–Trinajstić information content (AvgIpc) is 3.28. The number of nitrogens with one attached hydrogen (secondary N) is 2. The standard InChI is InChI=1S/C19H30BNO4.C17H20ClN3O2.C4H2Cl2N2/c1-13-11-15(20-24-18(5,6)19(7,8)25-20)10-9-14(13)12-21-16(22)23-17(2,3)4;1-11-9-12(14-7-8-19-15(18)21-14)5-6-13(11)10-20-16(22)23-17(2,3)4;5-3-1-2-7-4(6)8-3/h9-11H,12H2,1-8H3,(H,21,22);5-9H,10H2,1-4H3,(H,20,22);1-2H. The van der Waals surface area contributed by atoms with Gasteiger partial charge in [-0.05, 0) is 152 Å². The van der Waals surface area contributed by atoms with E-state index in [1.165, 1.54) is 6.20 Å². The number of carbonyl (C=O) groups excluding carboxylic acids is 2. The number of aryl methyl sites for hydroxylation is 2. The first kappa shape index (κ1) is 46.4. The fraction of sp³-hybridized carbons (Fsp3) is 0.450. The van der Waals surface area contributed by atoms with Gasteiger partial charge in [-0.1, -0.05) is 41.9 Å². The molecule has 0 aliphatic carbocycles. The summed E-state index contributed by atoms with van der Waals surface area (Å²) < 4.78 is 22.7. The molecule has 1 saturated heterocycles. The molecule has 0 radical (unpaired) electrons. The lowest BCUT2D eigenvalue weighted by molar-refractivity contribution is 0.00578. The molecule has 0 unspecified atom stereocenters. The van der Waals surface area contributed by atoms with Crippen LogP contribution in [0.3, 0.4) is 0 Å². The van der Waals surface area contributed by atoms with Crippen molar-refractivity contribution < 1.29 is 28.4 Å². The lowest BCUT2D eigenvalue weighted by Gasteiger charge is -2.32. The minimum Gasteiger partial charge on any atom is -0.444 e. The van der Waals surface area contributed by atoms with Crippen LogP contribution in [0.1, 0.15) is 91.5 Å². The Hall–Kier alpha value is -4.01. The van der Waals surface area contributed by atoms with Crippen LogP contribution in [-0.2, 0) is 31.9 Å². The highest BCUT2D eigenvalue weighted by Crippen LogP contribution is 2.36. The van der Waals surface area contributed by atoms with Crippen LogP contribution in [0.5, 0.6) is 0 Å². The van der Waals surface area contributed by atoms with Gasteiger partial charge in [-0.2, -0.15) is 0 Å². The number of rotatable bonds is 6. The van der Waals surface area contributed by atoms with E-state index in [1.54, 1.807) is 18.3 Å². The van der Waals surface area contributed by atoms with Crippen molar-refractivity contribution in [1.29, 1.82) is 0 Å². The van der Waals surface area contributed by atoms with Crippen molar-refractivity contribution in [2.24, 2.45) is 0 Å². The Bertz CT molecular complexity index is 1940. The Balaban J connectivity index is 0.000000251. The highest BCUT2D eigenvalue weighted by Gasteiger charge is 2.51.